The van der Waals surface area contributed by atoms with Gasteiger partial charge in [0.25, 0.3) is 5.91 Å². The molecule has 4 nitrogen and oxygen atoms in total. The van der Waals surface area contributed by atoms with E-state index in [-0.39, 0.29) is 11.7 Å². The molecule has 2 aromatic heterocycles. The highest BCUT2D eigenvalue weighted by molar-refractivity contribution is 7.12. The smallest absolute Gasteiger partial charge is 0.264 e. The van der Waals surface area contributed by atoms with E-state index in [1.54, 1.807) is 6.07 Å². The number of carbonyl (C=O) groups excluding carboxylic acids is 1. The summed E-state index contributed by atoms with van der Waals surface area (Å²) in [7, 11) is 0. The standard InChI is InChI=1S/C20H24FN3OS/c1-3-5-11-23(20(25)18-7-6-12-26-18)14-19-22-16-13-15(21)8-9-17(16)24(19)10-4-2/h6-9,12-13H,3-5,10-11,14H2,1-2H3. The number of hydrogen-bond donors (Lipinski definition) is 0. The van der Waals surface area contributed by atoms with Crippen molar-refractivity contribution >= 4 is 28.3 Å². The second kappa shape index (κ2) is 8.45. The Kier molecular flexibility index (Phi) is 6.04. The van der Waals surface area contributed by atoms with Crippen molar-refractivity contribution in [3.05, 3.63) is 52.2 Å². The fourth-order valence-electron chi connectivity index (χ4n) is 3.07. The van der Waals surface area contributed by atoms with Crippen LogP contribution in [-0.2, 0) is 13.1 Å². The number of aryl methyl sites for hydroxylation is 1. The topological polar surface area (TPSA) is 38.1 Å². The average Bonchev–Trinajstić information content (AvgIpc) is 3.27. The molecule has 0 radical (unpaired) electrons. The normalized spacial score (nSPS) is 11.2. The van der Waals surface area contributed by atoms with Crippen molar-refractivity contribution in [1.82, 2.24) is 14.5 Å². The van der Waals surface area contributed by atoms with Crippen LogP contribution in [0, 0.1) is 5.82 Å². The lowest BCUT2D eigenvalue weighted by Crippen LogP contribution is -2.32. The van der Waals surface area contributed by atoms with Crippen molar-refractivity contribution < 1.29 is 9.18 Å². The molecule has 0 bridgehead atoms. The van der Waals surface area contributed by atoms with Crippen molar-refractivity contribution in [3.8, 4) is 0 Å². The number of nitrogens with zero attached hydrogens (tertiary/aromatic N) is 3. The summed E-state index contributed by atoms with van der Waals surface area (Å²) in [5, 5.41) is 1.92. The maximum Gasteiger partial charge on any atom is 0.264 e. The largest absolute Gasteiger partial charge is 0.330 e. The van der Waals surface area contributed by atoms with Crippen LogP contribution in [0.4, 0.5) is 4.39 Å². The zero-order chi connectivity index (χ0) is 18.5. The first kappa shape index (κ1) is 18.6. The highest BCUT2D eigenvalue weighted by Gasteiger charge is 2.20. The van der Waals surface area contributed by atoms with Crippen LogP contribution in [0.15, 0.2) is 35.7 Å². The maximum atomic E-state index is 13.6. The lowest BCUT2D eigenvalue weighted by Gasteiger charge is -2.22. The summed E-state index contributed by atoms with van der Waals surface area (Å²) in [6, 6.07) is 8.45. The number of hydrogen-bond acceptors (Lipinski definition) is 3. The van der Waals surface area contributed by atoms with Gasteiger partial charge in [-0.25, -0.2) is 9.37 Å². The van der Waals surface area contributed by atoms with Crippen LogP contribution in [0.2, 0.25) is 0 Å². The molecule has 0 N–H and O–H groups in total. The van der Waals surface area contributed by atoms with E-state index in [0.29, 0.717) is 18.6 Å². The second-order valence-corrected chi connectivity index (χ2v) is 7.32. The Bertz CT molecular complexity index is 873. The van der Waals surface area contributed by atoms with Crippen LogP contribution in [0.5, 0.6) is 0 Å². The summed E-state index contributed by atoms with van der Waals surface area (Å²) in [5.74, 6) is 0.561. The molecule has 0 aliphatic rings. The Labute approximate surface area is 157 Å². The van der Waals surface area contributed by atoms with Crippen molar-refractivity contribution in [1.29, 1.82) is 0 Å². The predicted molar refractivity (Wildman–Crippen MR) is 104 cm³/mol. The first-order valence-corrected chi connectivity index (χ1v) is 9.99. The molecule has 0 saturated heterocycles. The van der Waals surface area contributed by atoms with Gasteiger partial charge in [0.15, 0.2) is 0 Å². The van der Waals surface area contributed by atoms with Gasteiger partial charge in [0, 0.05) is 19.2 Å². The zero-order valence-corrected chi connectivity index (χ0v) is 16.1. The minimum absolute atomic E-state index is 0.0368. The molecule has 6 heteroatoms. The Morgan fingerprint density at radius 1 is 1.27 bits per heavy atom. The second-order valence-electron chi connectivity index (χ2n) is 6.37. The number of amides is 1. The molecule has 0 aliphatic heterocycles. The summed E-state index contributed by atoms with van der Waals surface area (Å²) in [5.41, 5.74) is 1.56. The Hall–Kier alpha value is -2.21. The van der Waals surface area contributed by atoms with E-state index in [2.05, 4.69) is 23.4 Å². The van der Waals surface area contributed by atoms with E-state index in [1.165, 1.54) is 23.5 Å². The molecule has 0 atom stereocenters. The van der Waals surface area contributed by atoms with E-state index in [9.17, 15) is 9.18 Å². The fraction of sp³-hybridized carbons (Fsp3) is 0.400. The average molecular weight is 373 g/mol. The Morgan fingerprint density at radius 3 is 2.81 bits per heavy atom. The van der Waals surface area contributed by atoms with E-state index >= 15 is 0 Å². The van der Waals surface area contributed by atoms with Crippen LogP contribution < -0.4 is 0 Å². The van der Waals surface area contributed by atoms with Gasteiger partial charge < -0.3 is 9.47 Å². The van der Waals surface area contributed by atoms with Crippen LogP contribution >= 0.6 is 11.3 Å². The molecule has 1 aromatic carbocycles. The van der Waals surface area contributed by atoms with Crippen LogP contribution in [0.1, 0.15) is 48.6 Å². The van der Waals surface area contributed by atoms with Gasteiger partial charge in [0.1, 0.15) is 11.6 Å². The number of halogens is 1. The Morgan fingerprint density at radius 2 is 2.12 bits per heavy atom. The summed E-state index contributed by atoms with van der Waals surface area (Å²) < 4.78 is 15.7. The quantitative estimate of drug-likeness (QED) is 0.552. The third-order valence-corrected chi connectivity index (χ3v) is 5.23. The molecule has 0 fully saturated rings. The monoisotopic (exact) mass is 373 g/mol. The van der Waals surface area contributed by atoms with Crippen molar-refractivity contribution in [3.63, 3.8) is 0 Å². The summed E-state index contributed by atoms with van der Waals surface area (Å²) in [6.45, 7) is 6.14. The zero-order valence-electron chi connectivity index (χ0n) is 15.2. The number of imidazole rings is 1. The minimum atomic E-state index is -0.289. The third kappa shape index (κ3) is 3.96. The van der Waals surface area contributed by atoms with Gasteiger partial charge in [0.05, 0.1) is 22.5 Å². The molecular formula is C20H24FN3OS. The minimum Gasteiger partial charge on any atom is -0.330 e. The van der Waals surface area contributed by atoms with Gasteiger partial charge >= 0.3 is 0 Å². The third-order valence-electron chi connectivity index (χ3n) is 4.37. The first-order valence-electron chi connectivity index (χ1n) is 9.11. The van der Waals surface area contributed by atoms with E-state index in [4.69, 9.17) is 0 Å². The molecule has 26 heavy (non-hydrogen) atoms. The van der Waals surface area contributed by atoms with Gasteiger partial charge in [-0.05, 0) is 36.4 Å². The lowest BCUT2D eigenvalue weighted by atomic mass is 10.3. The highest BCUT2D eigenvalue weighted by atomic mass is 32.1. The van der Waals surface area contributed by atoms with E-state index in [0.717, 1.165) is 42.0 Å². The SMILES string of the molecule is CCCCN(Cc1nc2cc(F)ccc2n1CCC)C(=O)c1cccs1. The van der Waals surface area contributed by atoms with E-state index in [1.807, 2.05) is 22.4 Å². The Balaban J connectivity index is 1.94. The van der Waals surface area contributed by atoms with Gasteiger partial charge in [0.2, 0.25) is 0 Å². The van der Waals surface area contributed by atoms with Gasteiger partial charge in [-0.15, -0.1) is 11.3 Å². The molecule has 0 aliphatic carbocycles. The molecule has 3 rings (SSSR count). The number of aromatic nitrogens is 2. The van der Waals surface area contributed by atoms with Gasteiger partial charge in [-0.3, -0.25) is 4.79 Å². The van der Waals surface area contributed by atoms with Gasteiger partial charge in [-0.2, -0.15) is 0 Å². The molecule has 1 amide bonds. The molecular weight excluding hydrogens is 349 g/mol. The number of fused-ring (bicyclic) bond motifs is 1. The van der Waals surface area contributed by atoms with Crippen molar-refractivity contribution in [2.45, 2.75) is 46.2 Å². The number of benzene rings is 1. The molecule has 0 unspecified atom stereocenters. The maximum absolute atomic E-state index is 13.6. The lowest BCUT2D eigenvalue weighted by molar-refractivity contribution is 0.0739. The van der Waals surface area contributed by atoms with Crippen LogP contribution in [0.25, 0.3) is 11.0 Å². The van der Waals surface area contributed by atoms with Crippen LogP contribution in [-0.4, -0.2) is 26.9 Å². The predicted octanol–water partition coefficient (Wildman–Crippen LogP) is 5.09. The molecule has 3 aromatic rings. The number of rotatable bonds is 8. The summed E-state index contributed by atoms with van der Waals surface area (Å²) in [6.07, 6.45) is 2.91. The first-order chi connectivity index (χ1) is 12.6. The summed E-state index contributed by atoms with van der Waals surface area (Å²) in [4.78, 5) is 20.1. The summed E-state index contributed by atoms with van der Waals surface area (Å²) >= 11 is 1.46. The van der Waals surface area contributed by atoms with Crippen LogP contribution in [0.3, 0.4) is 0 Å². The fourth-order valence-corrected chi connectivity index (χ4v) is 3.77. The highest BCUT2D eigenvalue weighted by Crippen LogP contribution is 2.21. The molecule has 0 saturated carbocycles. The number of thiophene rings is 1. The van der Waals surface area contributed by atoms with Crippen molar-refractivity contribution in [2.24, 2.45) is 0 Å². The molecule has 2 heterocycles. The number of unbranched alkanes of at least 4 members (excludes halogenated alkanes) is 1. The van der Waals surface area contributed by atoms with Gasteiger partial charge in [-0.1, -0.05) is 26.3 Å². The molecule has 0 spiro atoms. The number of carbonyl (C=O) groups is 1. The molecule has 138 valence electrons. The van der Waals surface area contributed by atoms with Crippen molar-refractivity contribution in [2.75, 3.05) is 6.54 Å². The van der Waals surface area contributed by atoms with E-state index < -0.39 is 0 Å².